The number of nitrogen functional groups attached to an aromatic ring is 1. The number of nitrogens with two attached hydrogens (primary N) is 1. The predicted molar refractivity (Wildman–Crippen MR) is 86.3 cm³/mol. The molecule has 0 bridgehead atoms. The smallest absolute Gasteiger partial charge is 0.360 e. The molecule has 0 fully saturated rings. The Labute approximate surface area is 138 Å². The molecule has 1 atom stereocenters. The highest BCUT2D eigenvalue weighted by Gasteiger charge is 2.27. The standard InChI is InChI=1S/C14H21N3O5S/c1-5-6-9(12(20)21-14(2,3)4)22-17-10(11(18)19)8-7-23-13(15)16-8/h7,9H,5-6H2,1-4H3,(H2,15,16)(H,18,19)/b17-10-. The quantitative estimate of drug-likeness (QED) is 0.441. The van der Waals surface area contributed by atoms with Crippen molar-refractivity contribution in [2.45, 2.75) is 52.2 Å². The van der Waals surface area contributed by atoms with Gasteiger partial charge in [0.05, 0.1) is 0 Å². The van der Waals surface area contributed by atoms with Crippen molar-refractivity contribution >= 4 is 34.1 Å². The van der Waals surface area contributed by atoms with Gasteiger partial charge < -0.3 is 20.4 Å². The summed E-state index contributed by atoms with van der Waals surface area (Å²) in [7, 11) is 0. The molecule has 1 aromatic rings. The number of ether oxygens (including phenoxy) is 1. The Balaban J connectivity index is 2.93. The number of carbonyl (C=O) groups is 2. The van der Waals surface area contributed by atoms with Gasteiger partial charge in [0, 0.05) is 5.38 Å². The minimum absolute atomic E-state index is 0.0828. The highest BCUT2D eigenvalue weighted by molar-refractivity contribution is 7.13. The Kier molecular flexibility index (Phi) is 6.49. The molecule has 0 aromatic carbocycles. The molecular formula is C14H21N3O5S. The van der Waals surface area contributed by atoms with Crippen LogP contribution in [0, 0.1) is 0 Å². The Morgan fingerprint density at radius 2 is 2.13 bits per heavy atom. The summed E-state index contributed by atoms with van der Waals surface area (Å²) in [6, 6.07) is 0. The summed E-state index contributed by atoms with van der Waals surface area (Å²) in [5, 5.41) is 14.4. The molecule has 8 nitrogen and oxygen atoms in total. The lowest BCUT2D eigenvalue weighted by molar-refractivity contribution is -0.169. The normalized spacial score (nSPS) is 13.5. The van der Waals surface area contributed by atoms with Gasteiger partial charge in [-0.1, -0.05) is 18.5 Å². The number of carbonyl (C=O) groups excluding carboxylic acids is 1. The van der Waals surface area contributed by atoms with Crippen molar-refractivity contribution in [3.63, 3.8) is 0 Å². The number of rotatable bonds is 7. The van der Waals surface area contributed by atoms with E-state index in [0.29, 0.717) is 12.8 Å². The Bertz CT molecular complexity index is 591. The van der Waals surface area contributed by atoms with Crippen LogP contribution in [0.2, 0.25) is 0 Å². The second-order valence-electron chi connectivity index (χ2n) is 5.73. The maximum Gasteiger partial charge on any atom is 0.360 e. The van der Waals surface area contributed by atoms with Crippen molar-refractivity contribution in [2.24, 2.45) is 5.16 Å². The molecule has 0 aliphatic rings. The molecule has 0 aliphatic heterocycles. The summed E-state index contributed by atoms with van der Waals surface area (Å²) in [5.74, 6) is -1.92. The lowest BCUT2D eigenvalue weighted by Crippen LogP contribution is -2.33. The van der Waals surface area contributed by atoms with Crippen LogP contribution in [0.15, 0.2) is 10.5 Å². The molecule has 0 saturated carbocycles. The Morgan fingerprint density at radius 1 is 1.48 bits per heavy atom. The van der Waals surface area contributed by atoms with Gasteiger partial charge in [-0.2, -0.15) is 0 Å². The van der Waals surface area contributed by atoms with E-state index in [9.17, 15) is 14.7 Å². The van der Waals surface area contributed by atoms with Gasteiger partial charge in [-0.15, -0.1) is 11.3 Å². The maximum absolute atomic E-state index is 12.1. The first kappa shape index (κ1) is 18.9. The molecule has 0 aliphatic carbocycles. The highest BCUT2D eigenvalue weighted by Crippen LogP contribution is 2.15. The third-order valence-corrected chi connectivity index (χ3v) is 3.13. The molecule has 128 valence electrons. The van der Waals surface area contributed by atoms with E-state index in [1.807, 2.05) is 6.92 Å². The molecule has 3 N–H and O–H groups in total. The summed E-state index contributed by atoms with van der Waals surface area (Å²) < 4.78 is 5.24. The summed E-state index contributed by atoms with van der Waals surface area (Å²) in [4.78, 5) is 32.3. The number of aliphatic carboxylic acids is 1. The minimum Gasteiger partial charge on any atom is -0.476 e. The molecule has 0 spiro atoms. The van der Waals surface area contributed by atoms with E-state index in [1.54, 1.807) is 20.8 Å². The zero-order chi connectivity index (χ0) is 17.6. The molecule has 0 amide bonds. The van der Waals surface area contributed by atoms with Crippen molar-refractivity contribution < 1.29 is 24.3 Å². The fraction of sp³-hybridized carbons (Fsp3) is 0.571. The fourth-order valence-electron chi connectivity index (χ4n) is 1.55. The molecule has 1 rings (SSSR count). The van der Waals surface area contributed by atoms with Gasteiger partial charge >= 0.3 is 11.9 Å². The largest absolute Gasteiger partial charge is 0.476 e. The summed E-state index contributed by atoms with van der Waals surface area (Å²) in [6.45, 7) is 7.07. The van der Waals surface area contributed by atoms with Crippen molar-refractivity contribution in [2.75, 3.05) is 5.73 Å². The van der Waals surface area contributed by atoms with E-state index in [0.717, 1.165) is 11.3 Å². The average molecular weight is 343 g/mol. The van der Waals surface area contributed by atoms with E-state index in [-0.39, 0.29) is 10.8 Å². The second kappa shape index (κ2) is 7.91. The number of aromatic nitrogens is 1. The summed E-state index contributed by atoms with van der Waals surface area (Å²) >= 11 is 1.08. The number of carboxylic acids is 1. The van der Waals surface area contributed by atoms with Crippen LogP contribution in [0.25, 0.3) is 0 Å². The third kappa shape index (κ3) is 6.23. The van der Waals surface area contributed by atoms with E-state index >= 15 is 0 Å². The average Bonchev–Trinajstić information content (AvgIpc) is 2.81. The van der Waals surface area contributed by atoms with Crippen molar-refractivity contribution in [1.29, 1.82) is 0 Å². The molecular weight excluding hydrogens is 322 g/mol. The SMILES string of the molecule is CCCC(O/N=C(\C(=O)O)c1csc(N)n1)C(=O)OC(C)(C)C. The number of nitrogens with zero attached hydrogens (tertiary/aromatic N) is 2. The van der Waals surface area contributed by atoms with Gasteiger partial charge in [-0.05, 0) is 27.2 Å². The fourth-order valence-corrected chi connectivity index (χ4v) is 2.10. The predicted octanol–water partition coefficient (Wildman–Crippen LogP) is 2.04. The van der Waals surface area contributed by atoms with E-state index in [4.69, 9.17) is 15.3 Å². The van der Waals surface area contributed by atoms with Crippen LogP contribution in [-0.4, -0.2) is 39.4 Å². The van der Waals surface area contributed by atoms with Gasteiger partial charge in [-0.3, -0.25) is 0 Å². The number of hydrogen-bond acceptors (Lipinski definition) is 8. The van der Waals surface area contributed by atoms with E-state index in [1.165, 1.54) is 5.38 Å². The molecule has 1 heterocycles. The Morgan fingerprint density at radius 3 is 2.57 bits per heavy atom. The number of hydrogen-bond donors (Lipinski definition) is 2. The van der Waals surface area contributed by atoms with Gasteiger partial charge in [0.25, 0.3) is 0 Å². The zero-order valence-corrected chi connectivity index (χ0v) is 14.3. The molecule has 1 aromatic heterocycles. The first-order valence-electron chi connectivity index (χ1n) is 7.05. The highest BCUT2D eigenvalue weighted by atomic mass is 32.1. The topological polar surface area (TPSA) is 124 Å². The second-order valence-corrected chi connectivity index (χ2v) is 6.62. The summed E-state index contributed by atoms with van der Waals surface area (Å²) in [6.07, 6.45) is 0.0141. The van der Waals surface area contributed by atoms with E-state index in [2.05, 4.69) is 10.1 Å². The number of carboxylic acid groups (broad SMARTS) is 1. The van der Waals surface area contributed by atoms with Crippen LogP contribution in [0.4, 0.5) is 5.13 Å². The minimum atomic E-state index is -1.32. The zero-order valence-electron chi connectivity index (χ0n) is 13.5. The molecule has 9 heteroatoms. The van der Waals surface area contributed by atoms with Gasteiger partial charge in [0.1, 0.15) is 11.3 Å². The molecule has 0 radical (unpaired) electrons. The van der Waals surface area contributed by atoms with Gasteiger partial charge in [-0.25, -0.2) is 14.6 Å². The van der Waals surface area contributed by atoms with Crippen molar-refractivity contribution in [1.82, 2.24) is 4.98 Å². The first-order chi connectivity index (χ1) is 10.6. The van der Waals surface area contributed by atoms with Crippen LogP contribution in [-0.2, 0) is 19.2 Å². The molecule has 1 unspecified atom stereocenters. The van der Waals surface area contributed by atoms with Crippen LogP contribution < -0.4 is 5.73 Å². The lowest BCUT2D eigenvalue weighted by atomic mass is 10.1. The number of oxime groups is 1. The van der Waals surface area contributed by atoms with Crippen molar-refractivity contribution in [3.05, 3.63) is 11.1 Å². The third-order valence-electron chi connectivity index (χ3n) is 2.46. The molecule has 23 heavy (non-hydrogen) atoms. The van der Waals surface area contributed by atoms with Crippen LogP contribution >= 0.6 is 11.3 Å². The van der Waals surface area contributed by atoms with Gasteiger partial charge in [0.15, 0.2) is 5.13 Å². The Hall–Kier alpha value is -2.16. The van der Waals surface area contributed by atoms with Gasteiger partial charge in [0.2, 0.25) is 11.8 Å². The lowest BCUT2D eigenvalue weighted by Gasteiger charge is -2.22. The number of esters is 1. The maximum atomic E-state index is 12.1. The summed E-state index contributed by atoms with van der Waals surface area (Å²) in [5.41, 5.74) is 4.48. The van der Waals surface area contributed by atoms with Crippen molar-refractivity contribution in [3.8, 4) is 0 Å². The monoisotopic (exact) mass is 343 g/mol. The number of anilines is 1. The van der Waals surface area contributed by atoms with E-state index < -0.39 is 29.4 Å². The van der Waals surface area contributed by atoms with Crippen LogP contribution in [0.5, 0.6) is 0 Å². The van der Waals surface area contributed by atoms with Crippen LogP contribution in [0.1, 0.15) is 46.2 Å². The molecule has 0 saturated heterocycles. The van der Waals surface area contributed by atoms with Crippen LogP contribution in [0.3, 0.4) is 0 Å². The number of thiazole rings is 1. The first-order valence-corrected chi connectivity index (χ1v) is 7.93.